The third-order valence-corrected chi connectivity index (χ3v) is 4.91. The molecule has 0 amide bonds. The number of hydrogen-bond donors (Lipinski definition) is 0. The summed E-state index contributed by atoms with van der Waals surface area (Å²) >= 11 is 1.47. The molecule has 1 aromatic carbocycles. The van der Waals surface area contributed by atoms with Crippen molar-refractivity contribution in [1.29, 1.82) is 0 Å². The molecule has 0 saturated heterocycles. The summed E-state index contributed by atoms with van der Waals surface area (Å²) in [5.41, 5.74) is 2.04. The van der Waals surface area contributed by atoms with E-state index in [1.54, 1.807) is 29.1 Å². The molecule has 26 heavy (non-hydrogen) atoms. The second-order valence-corrected chi connectivity index (χ2v) is 6.43. The van der Waals surface area contributed by atoms with Gasteiger partial charge in [-0.3, -0.25) is 10.1 Å². The minimum Gasteiger partial charge on any atom is -0.490 e. The zero-order valence-electron chi connectivity index (χ0n) is 13.9. The second kappa shape index (κ2) is 6.30. The standard InChI is InChI=1S/C16H13N5O4S/c1-9-11(5-6-25-9)15-17-18-16-20(15)19-12(8-26-16)10-3-4-14(24-2)13(7-10)21(22)23/h3-7H,8H2,1-2H3. The molecule has 4 rings (SSSR count). The van der Waals surface area contributed by atoms with E-state index in [4.69, 9.17) is 9.15 Å². The highest BCUT2D eigenvalue weighted by atomic mass is 32.2. The van der Waals surface area contributed by atoms with Crippen LogP contribution in [0.25, 0.3) is 11.4 Å². The van der Waals surface area contributed by atoms with Crippen LogP contribution < -0.4 is 4.74 Å². The van der Waals surface area contributed by atoms with Gasteiger partial charge in [-0.15, -0.1) is 10.2 Å². The Morgan fingerprint density at radius 1 is 1.35 bits per heavy atom. The Hall–Kier alpha value is -3.14. The molecule has 0 unspecified atom stereocenters. The second-order valence-electron chi connectivity index (χ2n) is 5.49. The van der Waals surface area contributed by atoms with Gasteiger partial charge in [-0.1, -0.05) is 11.8 Å². The molecule has 0 N–H and O–H groups in total. The van der Waals surface area contributed by atoms with E-state index in [1.807, 2.05) is 6.92 Å². The molecule has 0 aliphatic carbocycles. The molecule has 1 aliphatic rings. The van der Waals surface area contributed by atoms with Crippen molar-refractivity contribution in [3.63, 3.8) is 0 Å². The SMILES string of the molecule is COc1ccc(C2=Nn3c(nnc3-c3ccoc3C)SC2)cc1[N+](=O)[O-]. The van der Waals surface area contributed by atoms with Gasteiger partial charge in [-0.05, 0) is 25.1 Å². The van der Waals surface area contributed by atoms with Crippen LogP contribution in [0.15, 0.2) is 45.2 Å². The van der Waals surface area contributed by atoms with Gasteiger partial charge in [0.1, 0.15) is 5.76 Å². The number of rotatable bonds is 4. The number of nitrogens with zero attached hydrogens (tertiary/aromatic N) is 5. The lowest BCUT2D eigenvalue weighted by Gasteiger charge is -2.14. The van der Waals surface area contributed by atoms with Crippen molar-refractivity contribution < 1.29 is 14.1 Å². The van der Waals surface area contributed by atoms with E-state index < -0.39 is 4.92 Å². The number of fused-ring (bicyclic) bond motifs is 1. The first-order chi connectivity index (χ1) is 12.6. The first-order valence-electron chi connectivity index (χ1n) is 7.62. The van der Waals surface area contributed by atoms with E-state index in [-0.39, 0.29) is 11.4 Å². The Kier molecular flexibility index (Phi) is 3.96. The maximum Gasteiger partial charge on any atom is 0.311 e. The maximum absolute atomic E-state index is 11.3. The van der Waals surface area contributed by atoms with Gasteiger partial charge in [0.15, 0.2) is 11.6 Å². The quantitative estimate of drug-likeness (QED) is 0.512. The molecule has 1 aliphatic heterocycles. The maximum atomic E-state index is 11.3. The monoisotopic (exact) mass is 371 g/mol. The fourth-order valence-corrected chi connectivity index (χ4v) is 3.50. The Labute approximate surface area is 151 Å². The topological polar surface area (TPSA) is 109 Å². The molecular weight excluding hydrogens is 358 g/mol. The molecular formula is C16H13N5O4S. The van der Waals surface area contributed by atoms with Crippen LogP contribution in [0.4, 0.5) is 5.69 Å². The Morgan fingerprint density at radius 2 is 2.19 bits per heavy atom. The number of nitro benzene ring substituents is 1. The highest BCUT2D eigenvalue weighted by molar-refractivity contribution is 7.99. The van der Waals surface area contributed by atoms with Crippen LogP contribution in [0, 0.1) is 17.0 Å². The van der Waals surface area contributed by atoms with Gasteiger partial charge in [0.25, 0.3) is 0 Å². The average Bonchev–Trinajstić information content (AvgIpc) is 3.26. The van der Waals surface area contributed by atoms with Crippen LogP contribution in [0.1, 0.15) is 11.3 Å². The number of aromatic nitrogens is 3. The summed E-state index contributed by atoms with van der Waals surface area (Å²) in [6, 6.07) is 6.60. The summed E-state index contributed by atoms with van der Waals surface area (Å²) in [7, 11) is 1.40. The minimum absolute atomic E-state index is 0.0989. The van der Waals surface area contributed by atoms with Gasteiger partial charge in [-0.2, -0.15) is 9.78 Å². The number of benzene rings is 1. The predicted molar refractivity (Wildman–Crippen MR) is 94.8 cm³/mol. The molecule has 9 nitrogen and oxygen atoms in total. The molecule has 0 radical (unpaired) electrons. The molecule has 10 heteroatoms. The van der Waals surface area contributed by atoms with Crippen molar-refractivity contribution in [2.24, 2.45) is 5.10 Å². The average molecular weight is 371 g/mol. The number of furan rings is 1. The number of methoxy groups -OCH3 is 1. The van der Waals surface area contributed by atoms with E-state index in [9.17, 15) is 10.1 Å². The summed E-state index contributed by atoms with van der Waals surface area (Å²) in [5, 5.41) is 24.9. The van der Waals surface area contributed by atoms with E-state index in [1.165, 1.54) is 24.9 Å². The van der Waals surface area contributed by atoms with Crippen LogP contribution in [-0.2, 0) is 0 Å². The molecule has 0 spiro atoms. The fourth-order valence-electron chi connectivity index (χ4n) is 2.67. The summed E-state index contributed by atoms with van der Waals surface area (Å²) in [4.78, 5) is 10.8. The van der Waals surface area contributed by atoms with Gasteiger partial charge < -0.3 is 9.15 Å². The molecule has 0 saturated carbocycles. The van der Waals surface area contributed by atoms with Crippen LogP contribution in [0.5, 0.6) is 5.75 Å². The lowest BCUT2D eigenvalue weighted by atomic mass is 10.1. The first-order valence-corrected chi connectivity index (χ1v) is 8.60. The van der Waals surface area contributed by atoms with E-state index in [2.05, 4.69) is 15.3 Å². The Bertz CT molecular complexity index is 1040. The van der Waals surface area contributed by atoms with Crippen LogP contribution in [-0.4, -0.2) is 38.4 Å². The van der Waals surface area contributed by atoms with Crippen molar-refractivity contribution in [3.8, 4) is 17.1 Å². The lowest BCUT2D eigenvalue weighted by molar-refractivity contribution is -0.385. The summed E-state index contributed by atoms with van der Waals surface area (Å²) in [5.74, 6) is 2.03. The molecule has 132 valence electrons. The van der Waals surface area contributed by atoms with Crippen molar-refractivity contribution in [2.45, 2.75) is 12.1 Å². The first kappa shape index (κ1) is 16.3. The van der Waals surface area contributed by atoms with Crippen LogP contribution >= 0.6 is 11.8 Å². The zero-order chi connectivity index (χ0) is 18.3. The summed E-state index contributed by atoms with van der Waals surface area (Å²) in [6.07, 6.45) is 1.58. The number of aryl methyl sites for hydroxylation is 1. The molecule has 3 heterocycles. The normalized spacial score (nSPS) is 13.2. The van der Waals surface area contributed by atoms with Crippen molar-refractivity contribution in [2.75, 3.05) is 12.9 Å². The van der Waals surface area contributed by atoms with Gasteiger partial charge in [0, 0.05) is 17.4 Å². The van der Waals surface area contributed by atoms with Gasteiger partial charge in [-0.25, -0.2) is 0 Å². The van der Waals surface area contributed by atoms with Crippen LogP contribution in [0.2, 0.25) is 0 Å². The third-order valence-electron chi connectivity index (χ3n) is 3.98. The third kappa shape index (κ3) is 2.64. The molecule has 0 bridgehead atoms. The Balaban J connectivity index is 1.80. The van der Waals surface area contributed by atoms with Gasteiger partial charge >= 0.3 is 5.69 Å². The smallest absolute Gasteiger partial charge is 0.311 e. The zero-order valence-corrected chi connectivity index (χ0v) is 14.7. The highest BCUT2D eigenvalue weighted by Crippen LogP contribution is 2.32. The number of hydrogen-bond acceptors (Lipinski definition) is 8. The lowest BCUT2D eigenvalue weighted by Crippen LogP contribution is -2.14. The Morgan fingerprint density at radius 3 is 2.88 bits per heavy atom. The summed E-state index contributed by atoms with van der Waals surface area (Å²) in [6.45, 7) is 1.84. The molecule has 3 aromatic rings. The van der Waals surface area contributed by atoms with Crippen molar-refractivity contribution >= 4 is 23.2 Å². The van der Waals surface area contributed by atoms with E-state index in [0.717, 1.165) is 5.56 Å². The van der Waals surface area contributed by atoms with Crippen LogP contribution in [0.3, 0.4) is 0 Å². The number of nitro groups is 1. The van der Waals surface area contributed by atoms with Crippen molar-refractivity contribution in [3.05, 3.63) is 52.0 Å². The van der Waals surface area contributed by atoms with E-state index >= 15 is 0 Å². The summed E-state index contributed by atoms with van der Waals surface area (Å²) < 4.78 is 12.0. The molecule has 0 fully saturated rings. The highest BCUT2D eigenvalue weighted by Gasteiger charge is 2.24. The predicted octanol–water partition coefficient (Wildman–Crippen LogP) is 3.12. The number of ether oxygens (including phenoxy) is 1. The van der Waals surface area contributed by atoms with Gasteiger partial charge in [0.2, 0.25) is 5.16 Å². The largest absolute Gasteiger partial charge is 0.490 e. The fraction of sp³-hybridized carbons (Fsp3) is 0.188. The molecule has 2 aromatic heterocycles. The van der Waals surface area contributed by atoms with E-state index in [0.29, 0.717) is 33.8 Å². The minimum atomic E-state index is -0.469. The van der Waals surface area contributed by atoms with Crippen molar-refractivity contribution in [1.82, 2.24) is 14.9 Å². The van der Waals surface area contributed by atoms with Gasteiger partial charge in [0.05, 0.1) is 29.6 Å². The number of thioether (sulfide) groups is 1. The molecule has 0 atom stereocenters.